The average Bonchev–Trinajstić information content (AvgIpc) is 2.46. The zero-order valence-electron chi connectivity index (χ0n) is 11.3. The topological polar surface area (TPSA) is 40.5 Å². The van der Waals surface area contributed by atoms with Gasteiger partial charge in [0.15, 0.2) is 0 Å². The Bertz CT molecular complexity index is 519. The SMILES string of the molecule is Cc1ccc(C(=O)N2CCCCC2)cc1C#CCO. The highest BCUT2D eigenvalue weighted by Crippen LogP contribution is 2.16. The van der Waals surface area contributed by atoms with Crippen LogP contribution in [0, 0.1) is 18.8 Å². The van der Waals surface area contributed by atoms with Crippen LogP contribution in [0.3, 0.4) is 0 Å². The van der Waals surface area contributed by atoms with Gasteiger partial charge in [-0.25, -0.2) is 0 Å². The van der Waals surface area contributed by atoms with Gasteiger partial charge in [-0.1, -0.05) is 17.9 Å². The number of carbonyl (C=O) groups is 1. The second-order valence-corrected chi connectivity index (χ2v) is 4.84. The van der Waals surface area contributed by atoms with E-state index in [1.165, 1.54) is 6.42 Å². The number of aliphatic hydroxyl groups excluding tert-OH is 1. The lowest BCUT2D eigenvalue weighted by Gasteiger charge is -2.26. The zero-order chi connectivity index (χ0) is 13.7. The van der Waals surface area contributed by atoms with Crippen molar-refractivity contribution in [3.8, 4) is 11.8 Å². The molecule has 1 heterocycles. The first-order valence-corrected chi connectivity index (χ1v) is 6.72. The van der Waals surface area contributed by atoms with Crippen LogP contribution in [0.25, 0.3) is 0 Å². The molecular weight excluding hydrogens is 238 g/mol. The highest BCUT2D eigenvalue weighted by molar-refractivity contribution is 5.94. The van der Waals surface area contributed by atoms with Crippen molar-refractivity contribution in [1.82, 2.24) is 4.90 Å². The van der Waals surface area contributed by atoms with Crippen LogP contribution in [0.1, 0.15) is 40.7 Å². The van der Waals surface area contributed by atoms with Gasteiger partial charge in [0, 0.05) is 24.2 Å². The minimum atomic E-state index is -0.163. The molecule has 1 N–H and O–H groups in total. The molecule has 1 aliphatic rings. The van der Waals surface area contributed by atoms with Crippen LogP contribution in [0.4, 0.5) is 0 Å². The summed E-state index contributed by atoms with van der Waals surface area (Å²) in [5.74, 6) is 5.61. The van der Waals surface area contributed by atoms with E-state index in [0.29, 0.717) is 5.56 Å². The number of nitrogens with zero attached hydrogens (tertiary/aromatic N) is 1. The van der Waals surface area contributed by atoms with Crippen LogP contribution >= 0.6 is 0 Å². The van der Waals surface area contributed by atoms with E-state index in [4.69, 9.17) is 5.11 Å². The molecule has 0 aliphatic carbocycles. The number of aryl methyl sites for hydroxylation is 1. The third kappa shape index (κ3) is 3.36. The molecule has 1 amide bonds. The second kappa shape index (κ2) is 6.40. The average molecular weight is 257 g/mol. The molecule has 0 spiro atoms. The van der Waals surface area contributed by atoms with Gasteiger partial charge < -0.3 is 10.0 Å². The zero-order valence-corrected chi connectivity index (χ0v) is 11.3. The molecule has 100 valence electrons. The molecule has 19 heavy (non-hydrogen) atoms. The second-order valence-electron chi connectivity index (χ2n) is 4.84. The van der Waals surface area contributed by atoms with E-state index < -0.39 is 0 Å². The summed E-state index contributed by atoms with van der Waals surface area (Å²) in [6.45, 7) is 3.50. The molecule has 3 nitrogen and oxygen atoms in total. The summed E-state index contributed by atoms with van der Waals surface area (Å²) in [6, 6.07) is 5.60. The Morgan fingerprint density at radius 2 is 2.05 bits per heavy atom. The highest BCUT2D eigenvalue weighted by atomic mass is 16.2. The molecule has 1 aliphatic heterocycles. The van der Waals surface area contributed by atoms with Gasteiger partial charge in [0.1, 0.15) is 6.61 Å². The number of rotatable bonds is 1. The maximum absolute atomic E-state index is 12.4. The minimum Gasteiger partial charge on any atom is -0.384 e. The van der Waals surface area contributed by atoms with Gasteiger partial charge in [0.25, 0.3) is 5.91 Å². The van der Waals surface area contributed by atoms with Crippen molar-refractivity contribution in [1.29, 1.82) is 0 Å². The van der Waals surface area contributed by atoms with E-state index in [0.717, 1.165) is 37.1 Å². The van der Waals surface area contributed by atoms with Crippen LogP contribution in [0.15, 0.2) is 18.2 Å². The molecule has 1 aromatic carbocycles. The number of likely N-dealkylation sites (tertiary alicyclic amines) is 1. The molecule has 1 fully saturated rings. The molecule has 0 saturated carbocycles. The lowest BCUT2D eigenvalue weighted by molar-refractivity contribution is 0.0724. The fourth-order valence-electron chi connectivity index (χ4n) is 2.30. The van der Waals surface area contributed by atoms with Crippen molar-refractivity contribution < 1.29 is 9.90 Å². The van der Waals surface area contributed by atoms with E-state index in [2.05, 4.69) is 11.8 Å². The monoisotopic (exact) mass is 257 g/mol. The van der Waals surface area contributed by atoms with Crippen LogP contribution < -0.4 is 0 Å². The number of piperidine rings is 1. The summed E-state index contributed by atoms with van der Waals surface area (Å²) in [7, 11) is 0. The summed E-state index contributed by atoms with van der Waals surface area (Å²) >= 11 is 0. The standard InChI is InChI=1S/C16H19NO2/c1-13-7-8-15(12-14(13)6-5-11-18)16(19)17-9-3-2-4-10-17/h7-8,12,18H,2-4,9-11H2,1H3. The molecule has 0 atom stereocenters. The van der Waals surface area contributed by atoms with E-state index in [1.807, 2.05) is 30.0 Å². The van der Waals surface area contributed by atoms with Gasteiger partial charge in [0.05, 0.1) is 0 Å². The third-order valence-corrected chi connectivity index (χ3v) is 3.43. The molecule has 0 unspecified atom stereocenters. The van der Waals surface area contributed by atoms with Crippen LogP contribution in [-0.4, -0.2) is 35.6 Å². The fourth-order valence-corrected chi connectivity index (χ4v) is 2.30. The predicted molar refractivity (Wildman–Crippen MR) is 74.9 cm³/mol. The van der Waals surface area contributed by atoms with Crippen LogP contribution in [-0.2, 0) is 0 Å². The maximum atomic E-state index is 12.4. The maximum Gasteiger partial charge on any atom is 0.253 e. The van der Waals surface area contributed by atoms with Gasteiger partial charge in [0.2, 0.25) is 0 Å². The highest BCUT2D eigenvalue weighted by Gasteiger charge is 2.18. The first-order valence-electron chi connectivity index (χ1n) is 6.72. The largest absolute Gasteiger partial charge is 0.384 e. The van der Waals surface area contributed by atoms with E-state index in [9.17, 15) is 4.79 Å². The van der Waals surface area contributed by atoms with E-state index in [1.54, 1.807) is 0 Å². The minimum absolute atomic E-state index is 0.0896. The first kappa shape index (κ1) is 13.6. The van der Waals surface area contributed by atoms with Crippen LogP contribution in [0.2, 0.25) is 0 Å². The summed E-state index contributed by atoms with van der Waals surface area (Å²) in [6.07, 6.45) is 3.40. The van der Waals surface area contributed by atoms with Gasteiger partial charge >= 0.3 is 0 Å². The van der Waals surface area contributed by atoms with Crippen molar-refractivity contribution in [2.75, 3.05) is 19.7 Å². The smallest absolute Gasteiger partial charge is 0.253 e. The quantitative estimate of drug-likeness (QED) is 0.781. The lowest BCUT2D eigenvalue weighted by Crippen LogP contribution is -2.35. The lowest BCUT2D eigenvalue weighted by atomic mass is 10.0. The Morgan fingerprint density at radius 3 is 2.74 bits per heavy atom. The number of hydrogen-bond acceptors (Lipinski definition) is 2. The van der Waals surface area contributed by atoms with Crippen molar-refractivity contribution in [2.45, 2.75) is 26.2 Å². The molecule has 1 saturated heterocycles. The van der Waals surface area contributed by atoms with E-state index >= 15 is 0 Å². The number of hydrogen-bond donors (Lipinski definition) is 1. The Labute approximate surface area is 114 Å². The Hall–Kier alpha value is -1.79. The Kier molecular flexibility index (Phi) is 4.59. The van der Waals surface area contributed by atoms with Crippen molar-refractivity contribution in [3.05, 3.63) is 34.9 Å². The third-order valence-electron chi connectivity index (χ3n) is 3.43. The van der Waals surface area contributed by atoms with Crippen molar-refractivity contribution in [3.63, 3.8) is 0 Å². The molecule has 0 aromatic heterocycles. The Balaban J connectivity index is 2.22. The van der Waals surface area contributed by atoms with Gasteiger partial charge in [-0.05, 0) is 43.9 Å². The molecule has 0 bridgehead atoms. The van der Waals surface area contributed by atoms with Gasteiger partial charge in [-0.15, -0.1) is 0 Å². The fraction of sp³-hybridized carbons (Fsp3) is 0.438. The number of amides is 1. The van der Waals surface area contributed by atoms with E-state index in [-0.39, 0.29) is 12.5 Å². The van der Waals surface area contributed by atoms with Gasteiger partial charge in [-0.3, -0.25) is 4.79 Å². The summed E-state index contributed by atoms with van der Waals surface area (Å²) in [5.41, 5.74) is 2.53. The molecular formula is C16H19NO2. The first-order chi connectivity index (χ1) is 9.22. The molecule has 0 radical (unpaired) electrons. The van der Waals surface area contributed by atoms with Crippen LogP contribution in [0.5, 0.6) is 0 Å². The molecule has 1 aromatic rings. The summed E-state index contributed by atoms with van der Waals surface area (Å²) in [5, 5.41) is 8.75. The normalized spacial score (nSPS) is 14.7. The number of aliphatic hydroxyl groups is 1. The number of benzene rings is 1. The predicted octanol–water partition coefficient (Wildman–Crippen LogP) is 1.96. The Morgan fingerprint density at radius 1 is 1.32 bits per heavy atom. The van der Waals surface area contributed by atoms with Crippen molar-refractivity contribution in [2.24, 2.45) is 0 Å². The number of carbonyl (C=O) groups excluding carboxylic acids is 1. The summed E-state index contributed by atoms with van der Waals surface area (Å²) in [4.78, 5) is 14.3. The summed E-state index contributed by atoms with van der Waals surface area (Å²) < 4.78 is 0. The molecule has 3 heteroatoms. The van der Waals surface area contributed by atoms with Gasteiger partial charge in [-0.2, -0.15) is 0 Å². The molecule has 2 rings (SSSR count). The van der Waals surface area contributed by atoms with Crippen molar-refractivity contribution >= 4 is 5.91 Å².